The Morgan fingerprint density at radius 3 is 1.27 bits per heavy atom. The van der Waals surface area contributed by atoms with E-state index in [1.54, 1.807) is 22.7 Å². The minimum Gasteiger partial charge on any atom is -0.354 e. The van der Waals surface area contributed by atoms with Crippen molar-refractivity contribution in [2.75, 3.05) is 0 Å². The molecule has 6 heteroatoms. The smallest absolute Gasteiger partial charge is 0.0544 e. The van der Waals surface area contributed by atoms with Crippen LogP contribution in [0.25, 0.3) is 106 Å². The molecular formula is C42H24N2S4. The molecule has 0 aliphatic heterocycles. The van der Waals surface area contributed by atoms with Crippen LogP contribution in [0.3, 0.4) is 0 Å². The Bertz CT molecular complexity index is 2790. The molecule has 2 nitrogen and oxygen atoms in total. The maximum atomic E-state index is 3.82. The van der Waals surface area contributed by atoms with Crippen LogP contribution in [0.2, 0.25) is 0 Å². The molecule has 0 fully saturated rings. The zero-order chi connectivity index (χ0) is 31.3. The Morgan fingerprint density at radius 1 is 0.354 bits per heavy atom. The van der Waals surface area contributed by atoms with Gasteiger partial charge in [0.05, 0.1) is 11.0 Å². The monoisotopic (exact) mass is 684 g/mol. The summed E-state index contributed by atoms with van der Waals surface area (Å²) in [6.07, 6.45) is 0. The first kappa shape index (κ1) is 27.0. The van der Waals surface area contributed by atoms with E-state index in [9.17, 15) is 0 Å². The summed E-state index contributed by atoms with van der Waals surface area (Å²) in [5, 5.41) is 14.3. The molecule has 0 amide bonds. The fourth-order valence-corrected chi connectivity index (χ4v) is 11.0. The Hall–Kier alpha value is -4.98. The molecule has 0 aliphatic rings. The summed E-state index contributed by atoms with van der Waals surface area (Å²) >= 11 is 7.32. The summed E-state index contributed by atoms with van der Waals surface area (Å²) in [4.78, 5) is 15.6. The van der Waals surface area contributed by atoms with Gasteiger partial charge in [0, 0.05) is 72.6 Å². The van der Waals surface area contributed by atoms with Gasteiger partial charge in [-0.15, -0.1) is 45.3 Å². The zero-order valence-corrected chi connectivity index (χ0v) is 28.6. The highest BCUT2D eigenvalue weighted by Crippen LogP contribution is 2.42. The Balaban J connectivity index is 0.994. The van der Waals surface area contributed by atoms with Gasteiger partial charge in [-0.1, -0.05) is 60.7 Å². The van der Waals surface area contributed by atoms with Gasteiger partial charge < -0.3 is 9.97 Å². The normalized spacial score (nSPS) is 12.2. The van der Waals surface area contributed by atoms with E-state index in [0.29, 0.717) is 0 Å². The number of rotatable bonds is 4. The maximum absolute atomic E-state index is 3.82. The van der Waals surface area contributed by atoms with E-state index >= 15 is 0 Å². The van der Waals surface area contributed by atoms with Crippen LogP contribution in [0, 0.1) is 0 Å². The quantitative estimate of drug-likeness (QED) is 0.185. The fraction of sp³-hybridized carbons (Fsp3) is 0. The lowest BCUT2D eigenvalue weighted by Gasteiger charge is -2.04. The van der Waals surface area contributed by atoms with Gasteiger partial charge in [0.1, 0.15) is 0 Å². The molecule has 6 heterocycles. The van der Waals surface area contributed by atoms with Crippen molar-refractivity contribution in [2.45, 2.75) is 0 Å². The molecule has 0 saturated heterocycles. The highest BCUT2D eigenvalue weighted by atomic mass is 32.1. The second-order valence-corrected chi connectivity index (χ2v) is 16.4. The van der Waals surface area contributed by atoms with Gasteiger partial charge in [-0.05, 0) is 93.3 Å². The molecule has 226 valence electrons. The van der Waals surface area contributed by atoms with Crippen molar-refractivity contribution >= 4 is 111 Å². The Labute approximate surface area is 291 Å². The summed E-state index contributed by atoms with van der Waals surface area (Å²) in [7, 11) is 0. The van der Waals surface area contributed by atoms with Gasteiger partial charge in [-0.25, -0.2) is 0 Å². The number of fused-ring (bicyclic) bond motifs is 10. The van der Waals surface area contributed by atoms with Crippen LogP contribution >= 0.6 is 45.3 Å². The molecule has 0 radical (unpaired) electrons. The molecule has 6 aromatic heterocycles. The number of thiophene rings is 4. The van der Waals surface area contributed by atoms with E-state index in [4.69, 9.17) is 0 Å². The first-order chi connectivity index (χ1) is 23.7. The highest BCUT2D eigenvalue weighted by molar-refractivity contribution is 7.23. The van der Waals surface area contributed by atoms with Crippen molar-refractivity contribution in [1.82, 2.24) is 9.97 Å². The standard InChI is InChI=1S/C42H24N2S4/c1-3-37(45-17-1)39-15-13-35(47-39)25-7-9-27-23(19-25)5-11-29-31-21-34-32(22-33(31)43-41(27)29)30-12-6-24-20-26(8-10-28(24)42(30)44-34)36-14-16-40(48-36)38-4-2-18-46-38/h1-22,43-44H. The molecule has 0 atom stereocenters. The lowest BCUT2D eigenvalue weighted by molar-refractivity contribution is 1.56. The summed E-state index contributed by atoms with van der Waals surface area (Å²) < 4.78 is 0. The van der Waals surface area contributed by atoms with Crippen LogP contribution < -0.4 is 0 Å². The molecular weight excluding hydrogens is 661 g/mol. The molecule has 48 heavy (non-hydrogen) atoms. The molecule has 0 bridgehead atoms. The Kier molecular flexibility index (Phi) is 5.77. The van der Waals surface area contributed by atoms with Gasteiger partial charge in [0.15, 0.2) is 0 Å². The predicted octanol–water partition coefficient (Wildman–Crippen LogP) is 14.2. The first-order valence-electron chi connectivity index (χ1n) is 15.9. The Morgan fingerprint density at radius 2 is 0.812 bits per heavy atom. The fourth-order valence-electron chi connectivity index (χ4n) is 7.29. The van der Waals surface area contributed by atoms with Crippen molar-refractivity contribution in [1.29, 1.82) is 0 Å². The van der Waals surface area contributed by atoms with Gasteiger partial charge in [-0.3, -0.25) is 0 Å². The largest absolute Gasteiger partial charge is 0.354 e. The number of nitrogens with one attached hydrogen (secondary N) is 2. The van der Waals surface area contributed by atoms with Gasteiger partial charge in [-0.2, -0.15) is 0 Å². The van der Waals surface area contributed by atoms with Crippen molar-refractivity contribution < 1.29 is 0 Å². The zero-order valence-electron chi connectivity index (χ0n) is 25.3. The molecule has 0 saturated carbocycles. The number of H-pyrrole nitrogens is 2. The molecule has 0 aliphatic carbocycles. The number of aromatic amines is 2. The average molecular weight is 685 g/mol. The molecule has 2 N–H and O–H groups in total. The van der Waals surface area contributed by atoms with Crippen molar-refractivity contribution in [3.8, 4) is 40.4 Å². The number of aromatic nitrogens is 2. The maximum Gasteiger partial charge on any atom is 0.0544 e. The SMILES string of the molecule is c1csc(-c2ccc(-c3ccc4c(ccc5c6cc7[nH]c8c9ccc(-c%10ccc(-c%11cccs%11)s%10)cc9ccc8c7cc6[nH]c45)c3)s2)c1. The molecule has 0 spiro atoms. The first-order valence-corrected chi connectivity index (χ1v) is 19.3. The molecule has 5 aromatic carbocycles. The van der Waals surface area contributed by atoms with Crippen LogP contribution in [0.4, 0.5) is 0 Å². The lowest BCUT2D eigenvalue weighted by Crippen LogP contribution is -1.78. The van der Waals surface area contributed by atoms with Crippen molar-refractivity contribution in [3.63, 3.8) is 0 Å². The van der Waals surface area contributed by atoms with Gasteiger partial charge in [0.25, 0.3) is 0 Å². The molecule has 0 unspecified atom stereocenters. The van der Waals surface area contributed by atoms with E-state index < -0.39 is 0 Å². The van der Waals surface area contributed by atoms with Crippen LogP contribution in [-0.4, -0.2) is 9.97 Å². The predicted molar refractivity (Wildman–Crippen MR) is 213 cm³/mol. The highest BCUT2D eigenvalue weighted by Gasteiger charge is 2.15. The van der Waals surface area contributed by atoms with E-state index in [-0.39, 0.29) is 0 Å². The number of benzene rings is 5. The molecule has 11 rings (SSSR count). The summed E-state index contributed by atoms with van der Waals surface area (Å²) in [6.45, 7) is 0. The average Bonchev–Trinajstić information content (AvgIpc) is 3.97. The summed E-state index contributed by atoms with van der Waals surface area (Å²) in [6, 6.07) is 45.2. The van der Waals surface area contributed by atoms with Crippen LogP contribution in [-0.2, 0) is 0 Å². The number of hydrogen-bond donors (Lipinski definition) is 2. The summed E-state index contributed by atoms with van der Waals surface area (Å²) in [5.41, 5.74) is 7.27. The van der Waals surface area contributed by atoms with E-state index in [2.05, 4.69) is 142 Å². The van der Waals surface area contributed by atoms with E-state index in [1.807, 2.05) is 22.7 Å². The molecule has 11 aromatic rings. The van der Waals surface area contributed by atoms with Gasteiger partial charge >= 0.3 is 0 Å². The lowest BCUT2D eigenvalue weighted by atomic mass is 10.0. The second-order valence-electron chi connectivity index (χ2n) is 12.3. The minimum absolute atomic E-state index is 1.17. The topological polar surface area (TPSA) is 31.6 Å². The van der Waals surface area contributed by atoms with Crippen LogP contribution in [0.15, 0.2) is 132 Å². The van der Waals surface area contributed by atoms with Crippen molar-refractivity contribution in [2.24, 2.45) is 0 Å². The minimum atomic E-state index is 1.17. The van der Waals surface area contributed by atoms with Gasteiger partial charge in [0.2, 0.25) is 0 Å². The number of hydrogen-bond acceptors (Lipinski definition) is 4. The third-order valence-corrected chi connectivity index (χ3v) is 14.0. The van der Waals surface area contributed by atoms with Crippen LogP contribution in [0.1, 0.15) is 0 Å². The van der Waals surface area contributed by atoms with Crippen molar-refractivity contribution in [3.05, 3.63) is 132 Å². The third-order valence-electron chi connectivity index (χ3n) is 9.61. The van der Waals surface area contributed by atoms with E-state index in [0.717, 1.165) is 0 Å². The second kappa shape index (κ2) is 10.3. The summed E-state index contributed by atoms with van der Waals surface area (Å²) in [5.74, 6) is 0. The van der Waals surface area contributed by atoms with E-state index in [1.165, 1.54) is 106 Å². The third kappa shape index (κ3) is 4.07. The van der Waals surface area contributed by atoms with Crippen LogP contribution in [0.5, 0.6) is 0 Å².